The van der Waals surface area contributed by atoms with Crippen LogP contribution in [0.2, 0.25) is 0 Å². The second-order valence-corrected chi connectivity index (χ2v) is 4.55. The minimum Gasteiger partial charge on any atom is -0.350 e. The van der Waals surface area contributed by atoms with E-state index in [1.165, 1.54) is 11.3 Å². The van der Waals surface area contributed by atoms with Crippen molar-refractivity contribution in [2.45, 2.75) is 6.92 Å². The number of carbonyl (C=O) groups is 1. The number of rotatable bonds is 2. The largest absolute Gasteiger partial charge is 0.350 e. The van der Waals surface area contributed by atoms with E-state index in [4.69, 9.17) is 5.73 Å². The highest BCUT2D eigenvalue weighted by molar-refractivity contribution is 9.11. The fraction of sp³-hybridized carbons (Fsp3) is 0.167. The van der Waals surface area contributed by atoms with Crippen molar-refractivity contribution in [1.82, 2.24) is 10.4 Å². The average molecular weight is 263 g/mol. The molecule has 0 atom stereocenters. The predicted molar refractivity (Wildman–Crippen MR) is 54.7 cm³/mol. The van der Waals surface area contributed by atoms with Gasteiger partial charge in [0, 0.05) is 0 Å². The van der Waals surface area contributed by atoms with Crippen molar-refractivity contribution in [2.24, 2.45) is 10.8 Å². The summed E-state index contributed by atoms with van der Waals surface area (Å²) >= 11 is 4.70. The number of nitrogens with zero attached hydrogens (tertiary/aromatic N) is 2. The molecule has 1 heterocycles. The molecule has 1 aromatic heterocycles. The number of thiazole rings is 1. The Morgan fingerprint density at radius 3 is 3.00 bits per heavy atom. The number of amides is 2. The molecule has 0 unspecified atom stereocenters. The molecule has 1 aromatic rings. The summed E-state index contributed by atoms with van der Waals surface area (Å²) in [5.41, 5.74) is 7.59. The molecule has 0 saturated carbocycles. The SMILES string of the molecule is C/C(=N/NC(N)=O)c1ncc(Br)s1. The molecule has 0 spiro atoms. The van der Waals surface area contributed by atoms with Gasteiger partial charge in [0.25, 0.3) is 0 Å². The number of urea groups is 1. The van der Waals surface area contributed by atoms with E-state index in [9.17, 15) is 4.79 Å². The Kier molecular flexibility index (Phi) is 3.38. The highest BCUT2D eigenvalue weighted by Crippen LogP contribution is 2.19. The minimum atomic E-state index is -0.685. The van der Waals surface area contributed by atoms with Gasteiger partial charge in [0.05, 0.1) is 15.7 Å². The zero-order valence-corrected chi connectivity index (χ0v) is 9.15. The van der Waals surface area contributed by atoms with Crippen LogP contribution in [0, 0.1) is 0 Å². The number of carbonyl (C=O) groups excluding carboxylic acids is 1. The predicted octanol–water partition coefficient (Wildman–Crippen LogP) is 1.30. The zero-order chi connectivity index (χ0) is 9.84. The monoisotopic (exact) mass is 262 g/mol. The molecule has 13 heavy (non-hydrogen) atoms. The van der Waals surface area contributed by atoms with Gasteiger partial charge >= 0.3 is 6.03 Å². The van der Waals surface area contributed by atoms with E-state index in [-0.39, 0.29) is 0 Å². The summed E-state index contributed by atoms with van der Waals surface area (Å²) in [5, 5.41) is 4.46. The molecule has 0 aliphatic rings. The van der Waals surface area contributed by atoms with E-state index in [1.54, 1.807) is 13.1 Å². The van der Waals surface area contributed by atoms with Gasteiger partial charge in [-0.2, -0.15) is 5.10 Å². The van der Waals surface area contributed by atoms with Gasteiger partial charge in [0.2, 0.25) is 0 Å². The quantitative estimate of drug-likeness (QED) is 0.623. The van der Waals surface area contributed by atoms with Crippen molar-refractivity contribution in [3.05, 3.63) is 15.0 Å². The molecule has 0 aliphatic carbocycles. The van der Waals surface area contributed by atoms with Crippen molar-refractivity contribution in [1.29, 1.82) is 0 Å². The highest BCUT2D eigenvalue weighted by Gasteiger charge is 2.02. The van der Waals surface area contributed by atoms with Gasteiger partial charge in [-0.05, 0) is 22.9 Å². The first-order valence-corrected chi connectivity index (χ1v) is 4.92. The molecular formula is C6H7BrN4OS. The normalized spacial score (nSPS) is 11.4. The molecule has 0 aromatic carbocycles. The number of halogens is 1. The van der Waals surface area contributed by atoms with Crippen LogP contribution in [0.1, 0.15) is 11.9 Å². The first-order valence-electron chi connectivity index (χ1n) is 3.31. The maximum absolute atomic E-state index is 10.3. The average Bonchev–Trinajstić information content (AvgIpc) is 2.47. The fourth-order valence-corrected chi connectivity index (χ4v) is 1.76. The molecule has 0 bridgehead atoms. The van der Waals surface area contributed by atoms with Gasteiger partial charge in [-0.1, -0.05) is 0 Å². The van der Waals surface area contributed by atoms with Crippen LogP contribution in [-0.4, -0.2) is 16.7 Å². The lowest BCUT2D eigenvalue weighted by Gasteiger charge is -1.94. The van der Waals surface area contributed by atoms with Crippen molar-refractivity contribution in [3.63, 3.8) is 0 Å². The molecule has 1 rings (SSSR count). The van der Waals surface area contributed by atoms with Gasteiger partial charge in [0.1, 0.15) is 5.01 Å². The van der Waals surface area contributed by atoms with Gasteiger partial charge in [-0.3, -0.25) is 0 Å². The summed E-state index contributed by atoms with van der Waals surface area (Å²) in [5.74, 6) is 0. The van der Waals surface area contributed by atoms with Crippen LogP contribution >= 0.6 is 27.3 Å². The van der Waals surface area contributed by atoms with Crippen LogP contribution in [0.3, 0.4) is 0 Å². The Hall–Kier alpha value is -0.950. The number of aromatic nitrogens is 1. The second-order valence-electron chi connectivity index (χ2n) is 2.14. The number of nitrogens with two attached hydrogens (primary N) is 1. The van der Waals surface area contributed by atoms with Crippen LogP contribution in [-0.2, 0) is 0 Å². The topological polar surface area (TPSA) is 80.4 Å². The maximum atomic E-state index is 10.3. The maximum Gasteiger partial charge on any atom is 0.332 e. The van der Waals surface area contributed by atoms with E-state index in [0.717, 1.165) is 8.79 Å². The Bertz CT molecular complexity index is 348. The van der Waals surface area contributed by atoms with Crippen LogP contribution < -0.4 is 11.2 Å². The molecule has 0 radical (unpaired) electrons. The summed E-state index contributed by atoms with van der Waals surface area (Å²) in [6.45, 7) is 1.74. The van der Waals surface area contributed by atoms with Crippen LogP contribution in [0.15, 0.2) is 15.1 Å². The smallest absolute Gasteiger partial charge is 0.332 e. The Morgan fingerprint density at radius 2 is 2.54 bits per heavy atom. The second kappa shape index (κ2) is 4.33. The van der Waals surface area contributed by atoms with Gasteiger partial charge < -0.3 is 5.73 Å². The van der Waals surface area contributed by atoms with Crippen LogP contribution in [0.4, 0.5) is 4.79 Å². The highest BCUT2D eigenvalue weighted by atomic mass is 79.9. The summed E-state index contributed by atoms with van der Waals surface area (Å²) in [6, 6.07) is -0.685. The van der Waals surface area contributed by atoms with Gasteiger partial charge in [-0.25, -0.2) is 15.2 Å². The Labute approximate surface area is 87.2 Å². The fourth-order valence-electron chi connectivity index (χ4n) is 0.608. The number of primary amides is 1. The first kappa shape index (κ1) is 10.1. The van der Waals surface area contributed by atoms with E-state index in [2.05, 4.69) is 31.4 Å². The third kappa shape index (κ3) is 3.11. The lowest BCUT2D eigenvalue weighted by molar-refractivity contribution is 0.249. The molecule has 0 aliphatic heterocycles. The van der Waals surface area contributed by atoms with E-state index >= 15 is 0 Å². The van der Waals surface area contributed by atoms with Gasteiger partial charge in [-0.15, -0.1) is 11.3 Å². The molecule has 7 heteroatoms. The summed E-state index contributed by atoms with van der Waals surface area (Å²) < 4.78 is 0.913. The number of hydrogen-bond acceptors (Lipinski definition) is 4. The van der Waals surface area contributed by atoms with Crippen molar-refractivity contribution in [3.8, 4) is 0 Å². The zero-order valence-electron chi connectivity index (χ0n) is 6.74. The van der Waals surface area contributed by atoms with Crippen molar-refractivity contribution >= 4 is 39.0 Å². The molecule has 5 nitrogen and oxygen atoms in total. The molecule has 0 saturated heterocycles. The molecule has 2 amide bonds. The number of nitrogens with one attached hydrogen (secondary N) is 1. The van der Waals surface area contributed by atoms with E-state index in [0.29, 0.717) is 5.71 Å². The van der Waals surface area contributed by atoms with Crippen molar-refractivity contribution in [2.75, 3.05) is 0 Å². The number of hydrazone groups is 1. The lowest BCUT2D eigenvalue weighted by Crippen LogP contribution is -2.25. The van der Waals surface area contributed by atoms with Crippen molar-refractivity contribution < 1.29 is 4.79 Å². The molecule has 0 fully saturated rings. The molecule has 3 N–H and O–H groups in total. The third-order valence-corrected chi connectivity index (χ3v) is 2.71. The number of hydrogen-bond donors (Lipinski definition) is 2. The van der Waals surface area contributed by atoms with Crippen LogP contribution in [0.5, 0.6) is 0 Å². The standard InChI is InChI=1S/C6H7BrN4OS/c1-3(10-11-6(8)12)5-9-2-4(7)13-5/h2H,1H3,(H3,8,11,12)/b10-3-. The van der Waals surface area contributed by atoms with E-state index < -0.39 is 6.03 Å². The van der Waals surface area contributed by atoms with E-state index in [1.807, 2.05) is 0 Å². The molecule has 70 valence electrons. The van der Waals surface area contributed by atoms with Crippen LogP contribution in [0.25, 0.3) is 0 Å². The van der Waals surface area contributed by atoms with Gasteiger partial charge in [0.15, 0.2) is 0 Å². The Morgan fingerprint density at radius 1 is 1.85 bits per heavy atom. The summed E-state index contributed by atoms with van der Waals surface area (Å²) in [4.78, 5) is 14.4. The third-order valence-electron chi connectivity index (χ3n) is 1.12. The summed E-state index contributed by atoms with van der Waals surface area (Å²) in [6.07, 6.45) is 1.67. The first-order chi connectivity index (χ1) is 6.09. The molecular weight excluding hydrogens is 256 g/mol. The minimum absolute atomic E-state index is 0.620. The summed E-state index contributed by atoms with van der Waals surface area (Å²) in [7, 11) is 0. The lowest BCUT2D eigenvalue weighted by atomic mass is 10.5. The Balaban J connectivity index is 2.72.